The van der Waals surface area contributed by atoms with E-state index in [2.05, 4.69) is 5.32 Å². The number of carbonyl (C=O) groups excluding carboxylic acids is 2. The number of nitrogens with zero attached hydrogens (tertiary/aromatic N) is 1. The van der Waals surface area contributed by atoms with Crippen LogP contribution in [0.1, 0.15) is 16.7 Å². The van der Waals surface area contributed by atoms with Gasteiger partial charge in [0.2, 0.25) is 5.91 Å². The first kappa shape index (κ1) is 27.1. The Morgan fingerprint density at radius 3 is 2.39 bits per heavy atom. The fourth-order valence-electron chi connectivity index (χ4n) is 3.92. The second-order valence-corrected chi connectivity index (χ2v) is 9.46. The fraction of sp³-hybridized carbons (Fsp3) is 0.214. The van der Waals surface area contributed by atoms with Crippen LogP contribution in [0, 0.1) is 0 Å². The summed E-state index contributed by atoms with van der Waals surface area (Å²) < 4.78 is 49.2. The predicted octanol–water partition coefficient (Wildman–Crippen LogP) is 5.56. The smallest absolute Gasteiger partial charge is 0.416 e. The number of hydrogen-bond acceptors (Lipinski definition) is 5. The lowest BCUT2D eigenvalue weighted by Gasteiger charge is -2.29. The molecule has 0 saturated heterocycles. The third-order valence-electron chi connectivity index (χ3n) is 5.85. The summed E-state index contributed by atoms with van der Waals surface area (Å²) in [7, 11) is 3.11. The second-order valence-electron chi connectivity index (χ2n) is 8.38. The number of benzene rings is 3. The quantitative estimate of drug-likeness (QED) is 0.378. The minimum atomic E-state index is -4.44. The molecule has 1 N–H and O–H groups in total. The van der Waals surface area contributed by atoms with Crippen molar-refractivity contribution in [3.63, 3.8) is 0 Å². The summed E-state index contributed by atoms with van der Waals surface area (Å²) in [6.07, 6.45) is -2.36. The molecule has 0 aromatic heterocycles. The van der Waals surface area contributed by atoms with Crippen molar-refractivity contribution in [3.8, 4) is 11.5 Å². The van der Waals surface area contributed by atoms with Crippen LogP contribution in [-0.4, -0.2) is 39.1 Å². The number of hydrogen-bond donors (Lipinski definition) is 1. The summed E-state index contributed by atoms with van der Waals surface area (Å²) in [5.41, 5.74) is 1.23. The van der Waals surface area contributed by atoms with Crippen LogP contribution >= 0.6 is 11.8 Å². The molecule has 0 unspecified atom stereocenters. The molecule has 3 aromatic rings. The highest BCUT2D eigenvalue weighted by molar-refractivity contribution is 8.04. The minimum absolute atomic E-state index is 0.202. The van der Waals surface area contributed by atoms with Crippen LogP contribution in [0.5, 0.6) is 11.5 Å². The van der Waals surface area contributed by atoms with E-state index in [0.29, 0.717) is 40.6 Å². The number of amides is 2. The van der Waals surface area contributed by atoms with Gasteiger partial charge in [-0.3, -0.25) is 14.5 Å². The van der Waals surface area contributed by atoms with Crippen LogP contribution in [0.25, 0.3) is 6.08 Å². The highest BCUT2D eigenvalue weighted by atomic mass is 32.2. The molecule has 0 saturated carbocycles. The van der Waals surface area contributed by atoms with E-state index in [0.717, 1.165) is 22.6 Å². The van der Waals surface area contributed by atoms with Gasteiger partial charge in [-0.25, -0.2) is 0 Å². The SMILES string of the molecule is COc1ccc(CCNC(=O)CN2C(=O)/C(=C/c3ccc(C(F)(F)F)cc3)Sc3ccccc32)cc1OC. The summed E-state index contributed by atoms with van der Waals surface area (Å²) >= 11 is 1.22. The van der Waals surface area contributed by atoms with Crippen molar-refractivity contribution in [2.45, 2.75) is 17.5 Å². The van der Waals surface area contributed by atoms with Crippen LogP contribution in [0.4, 0.5) is 18.9 Å². The first-order valence-corrected chi connectivity index (χ1v) is 12.5. The molecule has 1 aliphatic heterocycles. The van der Waals surface area contributed by atoms with Gasteiger partial charge in [0.05, 0.1) is 30.4 Å². The van der Waals surface area contributed by atoms with Gasteiger partial charge >= 0.3 is 6.18 Å². The first-order chi connectivity index (χ1) is 18.2. The van der Waals surface area contributed by atoms with E-state index >= 15 is 0 Å². The van der Waals surface area contributed by atoms with Crippen molar-refractivity contribution in [3.05, 3.63) is 88.3 Å². The van der Waals surface area contributed by atoms with Crippen LogP contribution in [-0.2, 0) is 22.2 Å². The summed E-state index contributed by atoms with van der Waals surface area (Å²) in [4.78, 5) is 28.6. The third-order valence-corrected chi connectivity index (χ3v) is 6.93. The van der Waals surface area contributed by atoms with E-state index in [-0.39, 0.29) is 12.5 Å². The fourth-order valence-corrected chi connectivity index (χ4v) is 4.98. The molecular formula is C28H25F3N2O4S. The Balaban J connectivity index is 1.46. The molecule has 1 aliphatic rings. The maximum Gasteiger partial charge on any atom is 0.416 e. The molecular weight excluding hydrogens is 517 g/mol. The van der Waals surface area contributed by atoms with E-state index in [4.69, 9.17) is 9.47 Å². The van der Waals surface area contributed by atoms with E-state index < -0.39 is 17.6 Å². The molecule has 38 heavy (non-hydrogen) atoms. The average molecular weight is 543 g/mol. The van der Waals surface area contributed by atoms with Gasteiger partial charge in [-0.15, -0.1) is 0 Å². The Bertz CT molecular complexity index is 1360. The zero-order valence-corrected chi connectivity index (χ0v) is 21.5. The number of thioether (sulfide) groups is 1. The monoisotopic (exact) mass is 542 g/mol. The maximum atomic E-state index is 13.3. The molecule has 4 rings (SSSR count). The molecule has 0 radical (unpaired) electrons. The number of para-hydroxylation sites is 1. The van der Waals surface area contributed by atoms with Crippen molar-refractivity contribution < 1.29 is 32.2 Å². The molecule has 3 aromatic carbocycles. The Hall–Kier alpha value is -3.92. The zero-order valence-electron chi connectivity index (χ0n) is 20.7. The lowest BCUT2D eigenvalue weighted by atomic mass is 10.1. The molecule has 0 bridgehead atoms. The van der Waals surface area contributed by atoms with Gasteiger partial charge in [0, 0.05) is 11.4 Å². The topological polar surface area (TPSA) is 67.9 Å². The average Bonchev–Trinajstić information content (AvgIpc) is 2.90. The molecule has 0 spiro atoms. The lowest BCUT2D eigenvalue weighted by molar-refractivity contribution is -0.137. The van der Waals surface area contributed by atoms with Crippen LogP contribution in [0.3, 0.4) is 0 Å². The minimum Gasteiger partial charge on any atom is -0.493 e. The number of anilines is 1. The Kier molecular flexibility index (Phi) is 8.31. The van der Waals surface area contributed by atoms with Crippen molar-refractivity contribution in [2.24, 2.45) is 0 Å². The summed E-state index contributed by atoms with van der Waals surface area (Å²) in [6, 6.07) is 17.3. The Morgan fingerprint density at radius 2 is 1.71 bits per heavy atom. The van der Waals surface area contributed by atoms with Gasteiger partial charge in [-0.05, 0) is 60.0 Å². The molecule has 1 heterocycles. The van der Waals surface area contributed by atoms with E-state index in [9.17, 15) is 22.8 Å². The van der Waals surface area contributed by atoms with Gasteiger partial charge < -0.3 is 14.8 Å². The van der Waals surface area contributed by atoms with Gasteiger partial charge in [-0.2, -0.15) is 13.2 Å². The van der Waals surface area contributed by atoms with Crippen molar-refractivity contribution in [1.29, 1.82) is 0 Å². The zero-order chi connectivity index (χ0) is 27.3. The largest absolute Gasteiger partial charge is 0.493 e. The highest BCUT2D eigenvalue weighted by Crippen LogP contribution is 2.42. The first-order valence-electron chi connectivity index (χ1n) is 11.6. The van der Waals surface area contributed by atoms with E-state index in [1.165, 1.54) is 34.9 Å². The summed E-state index contributed by atoms with van der Waals surface area (Å²) in [5, 5.41) is 2.84. The number of alkyl halides is 3. The molecule has 10 heteroatoms. The van der Waals surface area contributed by atoms with Crippen LogP contribution < -0.4 is 19.7 Å². The number of rotatable bonds is 8. The van der Waals surface area contributed by atoms with E-state index in [1.54, 1.807) is 32.4 Å². The lowest BCUT2D eigenvalue weighted by Crippen LogP contribution is -2.43. The number of halogens is 3. The molecule has 198 valence electrons. The summed E-state index contributed by atoms with van der Waals surface area (Å²) in [6.45, 7) is 0.147. The summed E-state index contributed by atoms with van der Waals surface area (Å²) in [5.74, 6) is 0.468. The number of methoxy groups -OCH3 is 2. The number of nitrogens with one attached hydrogen (secondary N) is 1. The normalized spacial score (nSPS) is 14.3. The van der Waals surface area contributed by atoms with Crippen molar-refractivity contribution in [2.75, 3.05) is 32.2 Å². The van der Waals surface area contributed by atoms with Crippen LogP contribution in [0.2, 0.25) is 0 Å². The van der Waals surface area contributed by atoms with E-state index in [1.807, 2.05) is 24.3 Å². The number of ether oxygens (including phenoxy) is 2. The Labute approximate surface area is 222 Å². The molecule has 6 nitrogen and oxygen atoms in total. The Morgan fingerprint density at radius 1 is 1.00 bits per heavy atom. The van der Waals surface area contributed by atoms with Gasteiger partial charge in [0.1, 0.15) is 6.54 Å². The van der Waals surface area contributed by atoms with Gasteiger partial charge in [0.15, 0.2) is 11.5 Å². The highest BCUT2D eigenvalue weighted by Gasteiger charge is 2.31. The third kappa shape index (κ3) is 6.31. The second kappa shape index (κ2) is 11.6. The molecule has 0 atom stereocenters. The predicted molar refractivity (Wildman–Crippen MR) is 140 cm³/mol. The number of carbonyl (C=O) groups is 2. The maximum absolute atomic E-state index is 13.3. The molecule has 0 aliphatic carbocycles. The van der Waals surface area contributed by atoms with Crippen molar-refractivity contribution in [1.82, 2.24) is 5.32 Å². The van der Waals surface area contributed by atoms with Gasteiger partial charge in [-0.1, -0.05) is 42.1 Å². The molecule has 2 amide bonds. The van der Waals surface area contributed by atoms with Crippen molar-refractivity contribution >= 4 is 35.3 Å². The number of fused-ring (bicyclic) bond motifs is 1. The van der Waals surface area contributed by atoms with Gasteiger partial charge in [0.25, 0.3) is 5.91 Å². The standard InChI is InChI=1S/C28H25F3N2O4S/c1-36-22-12-9-19(15-23(22)37-2)13-14-32-26(34)17-33-21-5-3-4-6-24(21)38-25(27(33)35)16-18-7-10-20(11-8-18)28(29,30)31/h3-12,15-16H,13-14,17H2,1-2H3,(H,32,34)/b25-16-. The molecule has 0 fully saturated rings. The van der Waals surface area contributed by atoms with Crippen LogP contribution in [0.15, 0.2) is 76.5 Å².